The summed E-state index contributed by atoms with van der Waals surface area (Å²) in [4.78, 5) is 13.4. The van der Waals surface area contributed by atoms with E-state index in [9.17, 15) is 4.79 Å². The Labute approximate surface area is 183 Å². The lowest BCUT2D eigenvalue weighted by Gasteiger charge is -2.13. The van der Waals surface area contributed by atoms with Crippen LogP contribution in [0.4, 0.5) is 10.7 Å². The maximum atomic E-state index is 12.4. The van der Waals surface area contributed by atoms with Gasteiger partial charge in [-0.1, -0.05) is 41.9 Å². The van der Waals surface area contributed by atoms with Crippen LogP contribution in [0.2, 0.25) is 5.02 Å². The summed E-state index contributed by atoms with van der Waals surface area (Å²) in [7, 11) is 1.56. The minimum atomic E-state index is -0.406. The summed E-state index contributed by atoms with van der Waals surface area (Å²) in [6.45, 7) is 2.06. The molecule has 2 aromatic carbocycles. The average Bonchev–Trinajstić information content (AvgIpc) is 3.13. The van der Waals surface area contributed by atoms with Crippen LogP contribution in [0.5, 0.6) is 5.75 Å². The van der Waals surface area contributed by atoms with Gasteiger partial charge < -0.3 is 20.1 Å². The molecule has 0 bridgehead atoms. The van der Waals surface area contributed by atoms with Gasteiger partial charge in [0.05, 0.1) is 25.0 Å². The van der Waals surface area contributed by atoms with Gasteiger partial charge in [0, 0.05) is 9.90 Å². The Hall–Kier alpha value is -2.61. The zero-order valence-electron chi connectivity index (χ0n) is 15.8. The second-order valence-corrected chi connectivity index (χ2v) is 7.76. The van der Waals surface area contributed by atoms with E-state index in [0.717, 1.165) is 10.4 Å². The first kappa shape index (κ1) is 21.1. The van der Waals surface area contributed by atoms with Gasteiger partial charge in [0.15, 0.2) is 5.11 Å². The molecule has 0 radical (unpaired) electrons. The highest BCUT2D eigenvalue weighted by atomic mass is 35.5. The molecule has 5 nitrogen and oxygen atoms in total. The number of benzene rings is 2. The van der Waals surface area contributed by atoms with Crippen molar-refractivity contribution in [1.82, 2.24) is 0 Å². The summed E-state index contributed by atoms with van der Waals surface area (Å²) >= 11 is 12.9. The molecule has 8 heteroatoms. The van der Waals surface area contributed by atoms with Gasteiger partial charge in [0.25, 0.3) is 0 Å². The van der Waals surface area contributed by atoms with E-state index in [2.05, 4.69) is 10.6 Å². The Kier molecular flexibility index (Phi) is 7.09. The fourth-order valence-electron chi connectivity index (χ4n) is 2.62. The number of anilines is 2. The molecule has 29 heavy (non-hydrogen) atoms. The number of methoxy groups -OCH3 is 1. The fraction of sp³-hybridized carbons (Fsp3) is 0.143. The number of carbonyl (C=O) groups is 1. The summed E-state index contributed by atoms with van der Waals surface area (Å²) in [6.07, 6.45) is 0. The fourth-order valence-corrected chi connectivity index (χ4v) is 4.13. The maximum absolute atomic E-state index is 12.4. The number of nitrogens with one attached hydrogen (secondary N) is 2. The number of thiocarbonyl (C=S) groups is 1. The Bertz CT molecular complexity index is 1020. The molecular weight excluding hydrogens is 428 g/mol. The molecule has 1 aromatic heterocycles. The van der Waals surface area contributed by atoms with Crippen molar-refractivity contribution >= 4 is 56.9 Å². The Balaban J connectivity index is 1.87. The van der Waals surface area contributed by atoms with Crippen LogP contribution in [0.1, 0.15) is 17.3 Å². The molecule has 0 saturated carbocycles. The molecule has 0 fully saturated rings. The van der Waals surface area contributed by atoms with E-state index in [1.807, 2.05) is 36.4 Å². The highest BCUT2D eigenvalue weighted by molar-refractivity contribution is 7.80. The van der Waals surface area contributed by atoms with Crippen LogP contribution in [0.15, 0.2) is 54.6 Å². The number of ether oxygens (including phenoxy) is 2. The van der Waals surface area contributed by atoms with Gasteiger partial charge in [-0.2, -0.15) is 0 Å². The molecule has 0 unspecified atom stereocenters. The molecule has 0 aliphatic heterocycles. The Morgan fingerprint density at radius 1 is 1.14 bits per heavy atom. The van der Waals surface area contributed by atoms with Gasteiger partial charge in [-0.25, -0.2) is 4.79 Å². The smallest absolute Gasteiger partial charge is 0.341 e. The van der Waals surface area contributed by atoms with Crippen molar-refractivity contribution in [2.45, 2.75) is 6.92 Å². The van der Waals surface area contributed by atoms with Gasteiger partial charge in [0.1, 0.15) is 10.8 Å². The number of rotatable bonds is 6. The highest BCUT2D eigenvalue weighted by Gasteiger charge is 2.19. The predicted octanol–water partition coefficient (Wildman–Crippen LogP) is 6.06. The first-order valence-electron chi connectivity index (χ1n) is 8.79. The monoisotopic (exact) mass is 446 g/mol. The van der Waals surface area contributed by atoms with E-state index in [0.29, 0.717) is 32.1 Å². The van der Waals surface area contributed by atoms with Crippen LogP contribution >= 0.6 is 35.2 Å². The molecule has 0 aliphatic rings. The molecule has 2 N–H and O–H groups in total. The predicted molar refractivity (Wildman–Crippen MR) is 124 cm³/mol. The molecule has 0 atom stereocenters. The second-order valence-electron chi connectivity index (χ2n) is 5.86. The van der Waals surface area contributed by atoms with Crippen LogP contribution in [-0.4, -0.2) is 24.8 Å². The van der Waals surface area contributed by atoms with E-state index < -0.39 is 5.97 Å². The van der Waals surface area contributed by atoms with Crippen molar-refractivity contribution in [2.75, 3.05) is 24.4 Å². The first-order valence-corrected chi connectivity index (χ1v) is 10.4. The second kappa shape index (κ2) is 9.73. The minimum absolute atomic E-state index is 0.289. The van der Waals surface area contributed by atoms with Crippen LogP contribution in [0.3, 0.4) is 0 Å². The van der Waals surface area contributed by atoms with Crippen LogP contribution in [0, 0.1) is 0 Å². The van der Waals surface area contributed by atoms with Crippen LogP contribution in [0.25, 0.3) is 10.4 Å². The first-order chi connectivity index (χ1) is 14.0. The Morgan fingerprint density at radius 3 is 2.59 bits per heavy atom. The van der Waals surface area contributed by atoms with Crippen molar-refractivity contribution in [3.63, 3.8) is 0 Å². The van der Waals surface area contributed by atoms with Gasteiger partial charge >= 0.3 is 5.97 Å². The van der Waals surface area contributed by atoms with Crippen molar-refractivity contribution in [2.24, 2.45) is 0 Å². The van der Waals surface area contributed by atoms with E-state index >= 15 is 0 Å². The lowest BCUT2D eigenvalue weighted by atomic mass is 10.1. The number of hydrogen-bond donors (Lipinski definition) is 2. The van der Waals surface area contributed by atoms with Gasteiger partial charge in [-0.3, -0.25) is 0 Å². The molecule has 3 aromatic rings. The SMILES string of the molecule is CCOC(=O)c1cc(-c2ccccc2)sc1NC(=S)Nc1cc(Cl)ccc1OC. The normalized spacial score (nSPS) is 10.3. The summed E-state index contributed by atoms with van der Waals surface area (Å²) in [5.41, 5.74) is 2.06. The minimum Gasteiger partial charge on any atom is -0.495 e. The maximum Gasteiger partial charge on any atom is 0.341 e. The zero-order valence-corrected chi connectivity index (χ0v) is 18.2. The topological polar surface area (TPSA) is 59.6 Å². The standard InChI is InChI=1S/C21H19ClN2O3S2/c1-3-27-20(25)15-12-18(13-7-5-4-6-8-13)29-19(15)24-21(28)23-16-11-14(22)9-10-17(16)26-2/h4-12H,3H2,1-2H3,(H2,23,24,28). The van der Waals surface area contributed by atoms with Gasteiger partial charge in [-0.05, 0) is 49.0 Å². The van der Waals surface area contributed by atoms with Crippen LogP contribution in [-0.2, 0) is 4.74 Å². The third-order valence-corrected chi connectivity index (χ3v) is 5.46. The van der Waals surface area contributed by atoms with Crippen molar-refractivity contribution < 1.29 is 14.3 Å². The molecule has 0 aliphatic carbocycles. The lowest BCUT2D eigenvalue weighted by molar-refractivity contribution is 0.0528. The summed E-state index contributed by atoms with van der Waals surface area (Å²) in [5, 5.41) is 7.61. The molecule has 150 valence electrons. The molecular formula is C21H19ClN2O3S2. The van der Waals surface area contributed by atoms with Crippen LogP contribution < -0.4 is 15.4 Å². The van der Waals surface area contributed by atoms with E-state index in [1.54, 1.807) is 32.2 Å². The Morgan fingerprint density at radius 2 is 1.90 bits per heavy atom. The number of hydrogen-bond acceptors (Lipinski definition) is 5. The van der Waals surface area contributed by atoms with Crippen molar-refractivity contribution in [3.8, 4) is 16.2 Å². The zero-order chi connectivity index (χ0) is 20.8. The largest absolute Gasteiger partial charge is 0.495 e. The number of esters is 1. The van der Waals surface area contributed by atoms with Crippen molar-refractivity contribution in [1.29, 1.82) is 0 Å². The molecule has 0 amide bonds. The van der Waals surface area contributed by atoms with E-state index in [1.165, 1.54) is 11.3 Å². The van der Waals surface area contributed by atoms with E-state index in [-0.39, 0.29) is 6.61 Å². The third kappa shape index (κ3) is 5.26. The highest BCUT2D eigenvalue weighted by Crippen LogP contribution is 2.36. The lowest BCUT2D eigenvalue weighted by Crippen LogP contribution is -2.20. The summed E-state index contributed by atoms with van der Waals surface area (Å²) < 4.78 is 10.5. The number of halogens is 1. The molecule has 0 saturated heterocycles. The van der Waals surface area contributed by atoms with E-state index in [4.69, 9.17) is 33.3 Å². The summed E-state index contributed by atoms with van der Waals surface area (Å²) in [5.74, 6) is 0.192. The third-order valence-electron chi connectivity index (χ3n) is 3.92. The molecule has 0 spiro atoms. The molecule has 3 rings (SSSR count). The summed E-state index contributed by atoms with van der Waals surface area (Å²) in [6, 6.07) is 16.8. The average molecular weight is 447 g/mol. The quantitative estimate of drug-likeness (QED) is 0.354. The van der Waals surface area contributed by atoms with Crippen molar-refractivity contribution in [3.05, 3.63) is 65.2 Å². The van der Waals surface area contributed by atoms with Gasteiger partial charge in [-0.15, -0.1) is 11.3 Å². The van der Waals surface area contributed by atoms with Gasteiger partial charge in [0.2, 0.25) is 0 Å². The number of thiophene rings is 1. The number of carbonyl (C=O) groups excluding carboxylic acids is 1. The molecule has 1 heterocycles.